The number of carbonyl (C=O) groups is 1. The van der Waals surface area contributed by atoms with Crippen LogP contribution in [0.15, 0.2) is 90.0 Å². The molecule has 3 aromatic rings. The van der Waals surface area contributed by atoms with Gasteiger partial charge in [-0.3, -0.25) is 4.79 Å². The fourth-order valence-electron chi connectivity index (χ4n) is 2.90. The lowest BCUT2D eigenvalue weighted by atomic mass is 10.1. The van der Waals surface area contributed by atoms with Crippen LogP contribution in [0.2, 0.25) is 0 Å². The van der Waals surface area contributed by atoms with Crippen molar-refractivity contribution < 1.29 is 4.79 Å². The number of amides is 1. The highest BCUT2D eigenvalue weighted by Gasteiger charge is 2.04. The van der Waals surface area contributed by atoms with E-state index in [0.29, 0.717) is 5.71 Å². The number of hydrogen-bond donors (Lipinski definition) is 2. The average molecular weight is 383 g/mol. The second-order valence-electron chi connectivity index (χ2n) is 6.81. The Bertz CT molecular complexity index is 1010. The highest BCUT2D eigenvalue weighted by atomic mass is 16.2. The summed E-state index contributed by atoms with van der Waals surface area (Å²) in [6.45, 7) is 4.22. The summed E-state index contributed by atoms with van der Waals surface area (Å²) in [4.78, 5) is 12.3. The third kappa shape index (κ3) is 6.18. The Kier molecular flexibility index (Phi) is 6.95. The van der Waals surface area contributed by atoms with Gasteiger partial charge in [-0.1, -0.05) is 84.4 Å². The van der Waals surface area contributed by atoms with Crippen molar-refractivity contribution in [3.8, 4) is 0 Å². The zero-order valence-corrected chi connectivity index (χ0v) is 16.7. The number of benzene rings is 3. The van der Waals surface area contributed by atoms with Crippen LogP contribution in [0.25, 0.3) is 6.08 Å². The molecule has 0 spiro atoms. The Morgan fingerprint density at radius 1 is 0.931 bits per heavy atom. The molecule has 0 aliphatic carbocycles. The normalized spacial score (nSPS) is 11.4. The first-order valence-electron chi connectivity index (χ1n) is 9.58. The maximum atomic E-state index is 12.3. The lowest BCUT2D eigenvalue weighted by molar-refractivity contribution is -0.119. The number of nitrogens with one attached hydrogen (secondary N) is 2. The minimum Gasteiger partial charge on any atom is -0.376 e. The molecule has 0 heterocycles. The first-order chi connectivity index (χ1) is 14.1. The molecule has 3 rings (SSSR count). The van der Waals surface area contributed by atoms with E-state index >= 15 is 0 Å². The second-order valence-corrected chi connectivity index (χ2v) is 6.81. The van der Waals surface area contributed by atoms with Crippen molar-refractivity contribution in [1.29, 1.82) is 0 Å². The Hall–Kier alpha value is -3.66. The molecule has 0 bridgehead atoms. The first-order valence-corrected chi connectivity index (χ1v) is 9.58. The van der Waals surface area contributed by atoms with Gasteiger partial charge >= 0.3 is 0 Å². The number of allylic oxidation sites excluding steroid dienone is 1. The molecule has 146 valence electrons. The molecule has 29 heavy (non-hydrogen) atoms. The fraction of sp³-hybridized carbons (Fsp3) is 0.120. The smallest absolute Gasteiger partial charge is 0.259 e. The summed E-state index contributed by atoms with van der Waals surface area (Å²) < 4.78 is 0. The fourth-order valence-corrected chi connectivity index (χ4v) is 2.90. The third-order valence-electron chi connectivity index (χ3n) is 4.43. The van der Waals surface area contributed by atoms with Crippen LogP contribution < -0.4 is 10.7 Å². The molecule has 1 amide bonds. The molecule has 2 N–H and O–H groups in total. The Balaban J connectivity index is 1.68. The van der Waals surface area contributed by atoms with E-state index in [4.69, 9.17) is 0 Å². The number of aryl methyl sites for hydroxylation is 2. The van der Waals surface area contributed by atoms with Crippen LogP contribution in [-0.4, -0.2) is 18.2 Å². The van der Waals surface area contributed by atoms with E-state index < -0.39 is 0 Å². The molecule has 0 aromatic heterocycles. The second kappa shape index (κ2) is 10.0. The predicted molar refractivity (Wildman–Crippen MR) is 121 cm³/mol. The molecule has 0 unspecified atom stereocenters. The number of hydrazone groups is 1. The number of carbonyl (C=O) groups excluding carboxylic acids is 1. The standard InChI is InChI=1S/C25H25N3O/c1-19-13-15-23(20(2)17-19)26-18-25(29)28-27-24(22-11-7-4-8-12-22)16-14-21-9-5-3-6-10-21/h3-17,26H,18H2,1-2H3,(H,28,29)/b16-14-,27-24?. The van der Waals surface area contributed by atoms with Gasteiger partial charge in [0.15, 0.2) is 0 Å². The molecule has 0 atom stereocenters. The van der Waals surface area contributed by atoms with Crippen molar-refractivity contribution >= 4 is 23.4 Å². The van der Waals surface area contributed by atoms with Crippen LogP contribution in [-0.2, 0) is 4.79 Å². The van der Waals surface area contributed by atoms with E-state index in [0.717, 1.165) is 22.4 Å². The van der Waals surface area contributed by atoms with Crippen molar-refractivity contribution in [2.45, 2.75) is 13.8 Å². The maximum absolute atomic E-state index is 12.3. The van der Waals surface area contributed by atoms with Crippen molar-refractivity contribution in [1.82, 2.24) is 5.43 Å². The maximum Gasteiger partial charge on any atom is 0.259 e. The molecule has 0 saturated carbocycles. The summed E-state index contributed by atoms with van der Waals surface area (Å²) in [6.07, 6.45) is 3.88. The summed E-state index contributed by atoms with van der Waals surface area (Å²) in [7, 11) is 0. The zero-order chi connectivity index (χ0) is 20.5. The van der Waals surface area contributed by atoms with Crippen LogP contribution in [0.3, 0.4) is 0 Å². The molecule has 0 fully saturated rings. The Labute approximate surface area is 172 Å². The monoisotopic (exact) mass is 383 g/mol. The van der Waals surface area contributed by atoms with Crippen LogP contribution in [0, 0.1) is 13.8 Å². The molecule has 3 aromatic carbocycles. The van der Waals surface area contributed by atoms with E-state index in [1.807, 2.05) is 98.8 Å². The quantitative estimate of drug-likeness (QED) is 0.448. The summed E-state index contributed by atoms with van der Waals surface area (Å²) in [5.74, 6) is -0.202. The summed E-state index contributed by atoms with van der Waals surface area (Å²) in [5, 5.41) is 7.51. The van der Waals surface area contributed by atoms with E-state index in [9.17, 15) is 4.79 Å². The number of anilines is 1. The number of nitrogens with zero attached hydrogens (tertiary/aromatic N) is 1. The lowest BCUT2D eigenvalue weighted by Crippen LogP contribution is -2.27. The molecule has 0 aliphatic heterocycles. The van der Waals surface area contributed by atoms with Crippen LogP contribution in [0.1, 0.15) is 22.3 Å². The van der Waals surface area contributed by atoms with Crippen LogP contribution in [0.4, 0.5) is 5.69 Å². The van der Waals surface area contributed by atoms with E-state index in [-0.39, 0.29) is 12.5 Å². The topological polar surface area (TPSA) is 53.5 Å². The van der Waals surface area contributed by atoms with Gasteiger partial charge in [0.25, 0.3) is 5.91 Å². The number of hydrogen-bond acceptors (Lipinski definition) is 3. The van der Waals surface area contributed by atoms with E-state index in [2.05, 4.69) is 21.9 Å². The summed E-state index contributed by atoms with van der Waals surface area (Å²) >= 11 is 0. The average Bonchev–Trinajstić information content (AvgIpc) is 2.74. The molecule has 0 radical (unpaired) electrons. The first kappa shape index (κ1) is 20.1. The van der Waals surface area contributed by atoms with Gasteiger partial charge in [0.1, 0.15) is 0 Å². The van der Waals surface area contributed by atoms with Crippen molar-refractivity contribution in [2.75, 3.05) is 11.9 Å². The van der Waals surface area contributed by atoms with Gasteiger partial charge in [-0.25, -0.2) is 5.43 Å². The zero-order valence-electron chi connectivity index (χ0n) is 16.7. The number of rotatable bonds is 7. The minimum absolute atomic E-state index is 0.151. The van der Waals surface area contributed by atoms with Crippen LogP contribution >= 0.6 is 0 Å². The third-order valence-corrected chi connectivity index (χ3v) is 4.43. The highest BCUT2D eigenvalue weighted by Crippen LogP contribution is 2.15. The highest BCUT2D eigenvalue weighted by molar-refractivity contribution is 6.11. The Morgan fingerprint density at radius 3 is 2.31 bits per heavy atom. The van der Waals surface area contributed by atoms with Crippen molar-refractivity contribution in [3.63, 3.8) is 0 Å². The molecular formula is C25H25N3O. The molecule has 0 aliphatic rings. The lowest BCUT2D eigenvalue weighted by Gasteiger charge is -2.09. The van der Waals surface area contributed by atoms with E-state index in [1.165, 1.54) is 5.56 Å². The predicted octanol–water partition coefficient (Wildman–Crippen LogP) is 4.95. The molecule has 4 nitrogen and oxygen atoms in total. The van der Waals surface area contributed by atoms with Crippen molar-refractivity contribution in [3.05, 3.63) is 107 Å². The van der Waals surface area contributed by atoms with Gasteiger partial charge in [-0.2, -0.15) is 5.10 Å². The summed E-state index contributed by atoms with van der Waals surface area (Å²) in [6, 6.07) is 25.9. The van der Waals surface area contributed by atoms with Gasteiger partial charge in [-0.05, 0) is 37.1 Å². The summed E-state index contributed by atoms with van der Waals surface area (Å²) in [5.41, 5.74) is 8.59. The van der Waals surface area contributed by atoms with Gasteiger partial charge in [0.05, 0.1) is 12.3 Å². The minimum atomic E-state index is -0.202. The molecular weight excluding hydrogens is 358 g/mol. The largest absolute Gasteiger partial charge is 0.376 e. The molecule has 0 saturated heterocycles. The Morgan fingerprint density at radius 2 is 1.62 bits per heavy atom. The van der Waals surface area contributed by atoms with Gasteiger partial charge in [0.2, 0.25) is 0 Å². The SMILES string of the molecule is Cc1ccc(NCC(=O)NN=C(/C=C\c2ccccc2)c2ccccc2)c(C)c1. The van der Waals surface area contributed by atoms with Gasteiger partial charge in [-0.15, -0.1) is 0 Å². The van der Waals surface area contributed by atoms with Crippen molar-refractivity contribution in [2.24, 2.45) is 5.10 Å². The van der Waals surface area contributed by atoms with Gasteiger partial charge in [0, 0.05) is 11.3 Å². The van der Waals surface area contributed by atoms with Gasteiger partial charge < -0.3 is 5.32 Å². The molecule has 4 heteroatoms. The van der Waals surface area contributed by atoms with E-state index in [1.54, 1.807) is 0 Å². The van der Waals surface area contributed by atoms with Crippen LogP contribution in [0.5, 0.6) is 0 Å².